The summed E-state index contributed by atoms with van der Waals surface area (Å²) < 4.78 is 28.4. The van der Waals surface area contributed by atoms with Crippen molar-refractivity contribution < 1.29 is 43.2 Å². The minimum absolute atomic E-state index is 0.00710. The fourth-order valence-electron chi connectivity index (χ4n) is 4.62. The third-order valence-corrected chi connectivity index (χ3v) is 7.18. The average Bonchev–Trinajstić information content (AvgIpc) is 3.55. The summed E-state index contributed by atoms with van der Waals surface area (Å²) in [5.74, 6) is -1.10. The van der Waals surface area contributed by atoms with Crippen molar-refractivity contribution in [1.29, 1.82) is 5.26 Å². The number of hydrogen-bond acceptors (Lipinski definition) is 13. The van der Waals surface area contributed by atoms with Crippen molar-refractivity contribution in [2.24, 2.45) is 11.1 Å². The standard InChI is InChI=1S/C31H36N6O9/c1-18(2)43-17-44-29(41)36-27-20-11-12-22(37(20)35-16-34-27)31(15-32)26(39)24(45-28(40)25(33)30(3,4)5)21(46-31)14-42-23(38)13-19-9-7-6-8-10-19/h6-12,16,21,24-26,39H,1,13-14,17,33H2,2-5H3,(H,34,35,36,41)/t21-,24-,25-,26-,31+/m1/s1. The van der Waals surface area contributed by atoms with Crippen molar-refractivity contribution >= 4 is 29.4 Å². The van der Waals surface area contributed by atoms with E-state index in [4.69, 9.17) is 29.4 Å². The van der Waals surface area contributed by atoms with Gasteiger partial charge in [-0.2, -0.15) is 10.4 Å². The number of benzene rings is 1. The predicted octanol–water partition coefficient (Wildman–Crippen LogP) is 2.34. The summed E-state index contributed by atoms with van der Waals surface area (Å²) in [6.45, 7) is 9.51. The molecule has 1 amide bonds. The van der Waals surface area contributed by atoms with Crippen molar-refractivity contribution in [3.63, 3.8) is 0 Å². The number of fused-ring (bicyclic) bond motifs is 1. The van der Waals surface area contributed by atoms with Crippen molar-refractivity contribution in [2.45, 2.75) is 64.1 Å². The number of rotatable bonds is 11. The summed E-state index contributed by atoms with van der Waals surface area (Å²) in [7, 11) is 0. The van der Waals surface area contributed by atoms with Gasteiger partial charge in [0.25, 0.3) is 0 Å². The molecule has 4 N–H and O–H groups in total. The van der Waals surface area contributed by atoms with Crippen molar-refractivity contribution in [3.8, 4) is 6.07 Å². The number of nitrogens with zero attached hydrogens (tertiary/aromatic N) is 4. The number of esters is 2. The summed E-state index contributed by atoms with van der Waals surface area (Å²) in [5, 5.41) is 28.7. The van der Waals surface area contributed by atoms with Gasteiger partial charge in [-0.25, -0.2) is 14.3 Å². The van der Waals surface area contributed by atoms with E-state index in [0.717, 1.165) is 6.33 Å². The Morgan fingerprint density at radius 1 is 1.20 bits per heavy atom. The van der Waals surface area contributed by atoms with Crippen molar-refractivity contribution in [1.82, 2.24) is 14.6 Å². The molecule has 0 unspecified atom stereocenters. The fraction of sp³-hybridized carbons (Fsp3) is 0.419. The lowest BCUT2D eigenvalue weighted by Gasteiger charge is -2.29. The Bertz CT molecular complexity index is 1630. The number of aromatic nitrogens is 3. The van der Waals surface area contributed by atoms with Gasteiger partial charge in [0.05, 0.1) is 17.9 Å². The van der Waals surface area contributed by atoms with Crippen LogP contribution in [-0.4, -0.2) is 75.5 Å². The van der Waals surface area contributed by atoms with E-state index in [0.29, 0.717) is 11.3 Å². The minimum Gasteiger partial charge on any atom is -0.463 e. The number of allylic oxidation sites excluding steroid dienone is 1. The maximum atomic E-state index is 13.1. The van der Waals surface area contributed by atoms with Crippen LogP contribution in [0.25, 0.3) is 5.52 Å². The zero-order valence-corrected chi connectivity index (χ0v) is 25.8. The lowest BCUT2D eigenvalue weighted by molar-refractivity contribution is -0.163. The first-order valence-electron chi connectivity index (χ1n) is 14.2. The Labute approximate surface area is 264 Å². The summed E-state index contributed by atoms with van der Waals surface area (Å²) in [4.78, 5) is 42.1. The number of carbonyl (C=O) groups excluding carboxylic acids is 3. The second-order valence-electron chi connectivity index (χ2n) is 11.7. The number of nitrogens with two attached hydrogens (primary N) is 1. The molecule has 1 saturated heterocycles. The Morgan fingerprint density at radius 3 is 2.57 bits per heavy atom. The van der Waals surface area contributed by atoms with E-state index in [1.54, 1.807) is 52.0 Å². The third-order valence-electron chi connectivity index (χ3n) is 7.18. The van der Waals surface area contributed by atoms with E-state index >= 15 is 0 Å². The van der Waals surface area contributed by atoms with Crippen molar-refractivity contribution in [3.05, 3.63) is 72.4 Å². The molecule has 15 heteroatoms. The highest BCUT2D eigenvalue weighted by atomic mass is 16.7. The molecule has 1 fully saturated rings. The maximum Gasteiger partial charge on any atom is 0.415 e. The second-order valence-corrected chi connectivity index (χ2v) is 11.7. The predicted molar refractivity (Wildman–Crippen MR) is 160 cm³/mol. The quantitative estimate of drug-likeness (QED) is 0.120. The van der Waals surface area contributed by atoms with E-state index in [2.05, 4.69) is 22.0 Å². The SMILES string of the molecule is C=C(C)OCOC(=O)Nc1ncnn2c([C@]3(C#N)O[C@H](COC(=O)Cc4ccccc4)[C@@H](OC(=O)[C@@H](N)C(C)(C)C)[C@H]3O)ccc12. The van der Waals surface area contributed by atoms with Gasteiger partial charge in [0.15, 0.2) is 11.9 Å². The van der Waals surface area contributed by atoms with Gasteiger partial charge in [-0.1, -0.05) is 57.7 Å². The summed E-state index contributed by atoms with van der Waals surface area (Å²) in [5.41, 5.74) is 4.18. The van der Waals surface area contributed by atoms with Gasteiger partial charge in [0, 0.05) is 0 Å². The highest BCUT2D eigenvalue weighted by Gasteiger charge is 2.60. The van der Waals surface area contributed by atoms with E-state index in [1.165, 1.54) is 16.6 Å². The van der Waals surface area contributed by atoms with Crippen LogP contribution in [0, 0.1) is 16.7 Å². The smallest absolute Gasteiger partial charge is 0.415 e. The molecule has 3 aromatic rings. The van der Waals surface area contributed by atoms with Gasteiger partial charge in [-0.05, 0) is 30.0 Å². The molecule has 0 spiro atoms. The summed E-state index contributed by atoms with van der Waals surface area (Å²) >= 11 is 0. The molecule has 244 valence electrons. The third kappa shape index (κ3) is 7.42. The Morgan fingerprint density at radius 2 is 1.91 bits per heavy atom. The number of nitriles is 1. The van der Waals surface area contributed by atoms with Crippen LogP contribution in [0.5, 0.6) is 0 Å². The fourth-order valence-corrected chi connectivity index (χ4v) is 4.62. The number of amides is 1. The summed E-state index contributed by atoms with van der Waals surface area (Å²) in [6, 6.07) is 12.7. The van der Waals surface area contributed by atoms with Crippen LogP contribution in [0.1, 0.15) is 39.0 Å². The van der Waals surface area contributed by atoms with Crippen LogP contribution in [0.15, 0.2) is 61.1 Å². The molecule has 3 heterocycles. The van der Waals surface area contributed by atoms with Crippen LogP contribution < -0.4 is 11.1 Å². The normalized spacial score (nSPS) is 21.5. The van der Waals surface area contributed by atoms with Crippen LogP contribution in [-0.2, 0) is 45.3 Å². The van der Waals surface area contributed by atoms with Gasteiger partial charge < -0.3 is 34.5 Å². The number of carbonyl (C=O) groups is 3. The lowest BCUT2D eigenvalue weighted by Crippen LogP contribution is -2.49. The maximum absolute atomic E-state index is 13.1. The molecule has 0 saturated carbocycles. The van der Waals surface area contributed by atoms with Crippen LogP contribution in [0.2, 0.25) is 0 Å². The number of hydrogen-bond donors (Lipinski definition) is 3. The van der Waals surface area contributed by atoms with E-state index in [9.17, 15) is 24.8 Å². The lowest BCUT2D eigenvalue weighted by atomic mass is 9.87. The first-order valence-corrected chi connectivity index (χ1v) is 14.2. The molecule has 46 heavy (non-hydrogen) atoms. The molecule has 0 bridgehead atoms. The molecule has 2 aromatic heterocycles. The minimum atomic E-state index is -2.18. The molecular formula is C31H36N6O9. The second kappa shape index (κ2) is 13.9. The number of ether oxygens (including phenoxy) is 5. The average molecular weight is 637 g/mol. The largest absolute Gasteiger partial charge is 0.463 e. The van der Waals surface area contributed by atoms with Gasteiger partial charge in [0.2, 0.25) is 12.4 Å². The van der Waals surface area contributed by atoms with E-state index in [-0.39, 0.29) is 30.2 Å². The molecule has 4 rings (SSSR count). The van der Waals surface area contributed by atoms with Crippen LogP contribution in [0.3, 0.4) is 0 Å². The summed E-state index contributed by atoms with van der Waals surface area (Å²) in [6.07, 6.45) is -4.38. The Hall–Kier alpha value is -5.04. The number of nitrogens with one attached hydrogen (secondary N) is 1. The number of anilines is 1. The Balaban J connectivity index is 1.63. The molecule has 0 aliphatic carbocycles. The van der Waals surface area contributed by atoms with Gasteiger partial charge in [0.1, 0.15) is 42.8 Å². The van der Waals surface area contributed by atoms with Gasteiger partial charge in [-0.3, -0.25) is 14.9 Å². The molecule has 5 atom stereocenters. The zero-order chi connectivity index (χ0) is 33.6. The molecule has 1 aliphatic rings. The van der Waals surface area contributed by atoms with Crippen LogP contribution >= 0.6 is 0 Å². The molecule has 0 radical (unpaired) electrons. The highest BCUT2D eigenvalue weighted by molar-refractivity contribution is 5.88. The van der Waals surface area contributed by atoms with Crippen molar-refractivity contribution in [2.75, 3.05) is 18.7 Å². The molecule has 15 nitrogen and oxygen atoms in total. The Kier molecular flexibility index (Phi) is 10.3. The van der Waals surface area contributed by atoms with E-state index in [1.807, 2.05) is 12.1 Å². The molecule has 1 aromatic carbocycles. The topological polar surface area (TPSA) is 210 Å². The number of aliphatic hydroxyl groups is 1. The number of aliphatic hydroxyl groups excluding tert-OH is 1. The first kappa shape index (κ1) is 33.8. The highest BCUT2D eigenvalue weighted by Crippen LogP contribution is 2.42. The van der Waals surface area contributed by atoms with Gasteiger partial charge >= 0.3 is 18.0 Å². The first-order chi connectivity index (χ1) is 21.8. The monoisotopic (exact) mass is 636 g/mol. The van der Waals surface area contributed by atoms with Crippen LogP contribution in [0.4, 0.5) is 10.6 Å². The zero-order valence-electron chi connectivity index (χ0n) is 25.8. The van der Waals surface area contributed by atoms with E-state index < -0.39 is 60.0 Å². The molecule has 1 aliphatic heterocycles. The molecular weight excluding hydrogens is 600 g/mol. The van der Waals surface area contributed by atoms with Gasteiger partial charge in [-0.15, -0.1) is 0 Å².